The summed E-state index contributed by atoms with van der Waals surface area (Å²) in [5, 5.41) is 20.0. The van der Waals surface area contributed by atoms with Gasteiger partial charge in [-0.1, -0.05) is 52.2 Å². The first kappa shape index (κ1) is 28.9. The molecule has 4 N–H and O–H groups in total. The normalized spacial score (nSPS) is 25.8. The number of carbonyl (C=O) groups is 1. The van der Waals surface area contributed by atoms with Crippen molar-refractivity contribution in [2.24, 2.45) is 29.4 Å². The zero-order valence-corrected chi connectivity index (χ0v) is 22.6. The highest BCUT2D eigenvalue weighted by Gasteiger charge is 2.45. The second kappa shape index (κ2) is 13.2. The Balaban J connectivity index is 1.61. The van der Waals surface area contributed by atoms with Crippen molar-refractivity contribution in [3.05, 3.63) is 29.3 Å². The number of carboxylic acid groups (broad SMARTS) is 1. The average molecular weight is 506 g/mol. The first-order chi connectivity index (χ1) is 17.1. The summed E-state index contributed by atoms with van der Waals surface area (Å²) in [7, 11) is 0. The van der Waals surface area contributed by atoms with Gasteiger partial charge in [0.05, 0.1) is 12.2 Å². The predicted octanol–water partition coefficient (Wildman–Crippen LogP) is 4.91. The third-order valence-corrected chi connectivity index (χ3v) is 8.54. The van der Waals surface area contributed by atoms with Gasteiger partial charge in [-0.3, -0.25) is 0 Å². The number of aliphatic hydroxyl groups is 1. The molecule has 3 rings (SSSR count). The van der Waals surface area contributed by atoms with Gasteiger partial charge < -0.3 is 20.7 Å². The van der Waals surface area contributed by atoms with Crippen molar-refractivity contribution < 1.29 is 29.5 Å². The molecule has 7 nitrogen and oxygen atoms in total. The monoisotopic (exact) mass is 505 g/mol. The van der Waals surface area contributed by atoms with E-state index in [4.69, 9.17) is 25.4 Å². The molecular weight excluding hydrogens is 458 g/mol. The Labute approximate surface area is 216 Å². The van der Waals surface area contributed by atoms with Crippen molar-refractivity contribution in [3.8, 4) is 5.75 Å². The van der Waals surface area contributed by atoms with Gasteiger partial charge in [0, 0.05) is 5.54 Å². The van der Waals surface area contributed by atoms with E-state index in [-0.39, 0.29) is 30.7 Å². The summed E-state index contributed by atoms with van der Waals surface area (Å²) in [5.41, 5.74) is 8.22. The largest absolute Gasteiger partial charge is 0.482 e. The minimum atomic E-state index is -0.974. The molecule has 0 radical (unpaired) electrons. The lowest BCUT2D eigenvalue weighted by Gasteiger charge is -2.33. The highest BCUT2D eigenvalue weighted by molar-refractivity contribution is 5.68. The molecule has 1 aromatic rings. The number of unbranched alkanes of at least 4 members (excludes halogenated alkanes) is 2. The maximum atomic E-state index is 11.0. The molecule has 6 atom stereocenters. The van der Waals surface area contributed by atoms with Gasteiger partial charge in [0.15, 0.2) is 6.61 Å². The van der Waals surface area contributed by atoms with E-state index in [9.17, 15) is 9.90 Å². The maximum Gasteiger partial charge on any atom is 0.341 e. The van der Waals surface area contributed by atoms with Crippen LogP contribution in [0.25, 0.3) is 0 Å². The number of aliphatic hydroxyl groups excluding tert-OH is 1. The van der Waals surface area contributed by atoms with Crippen molar-refractivity contribution in [2.45, 2.75) is 103 Å². The number of nitrogens with two attached hydrogens (primary N) is 1. The summed E-state index contributed by atoms with van der Waals surface area (Å²) >= 11 is 0. The zero-order valence-electron chi connectivity index (χ0n) is 22.6. The molecule has 0 aromatic heterocycles. The van der Waals surface area contributed by atoms with Gasteiger partial charge in [0.2, 0.25) is 0 Å². The Bertz CT molecular complexity index is 841. The lowest BCUT2D eigenvalue weighted by atomic mass is 9.73. The zero-order chi connectivity index (χ0) is 26.3. The molecular formula is C29H47NO6. The fourth-order valence-electron chi connectivity index (χ4n) is 5.74. The van der Waals surface area contributed by atoms with E-state index in [1.54, 1.807) is 0 Å². The Morgan fingerprint density at radius 2 is 2.00 bits per heavy atom. The topological polar surface area (TPSA) is 111 Å². The molecule has 0 bridgehead atoms. The summed E-state index contributed by atoms with van der Waals surface area (Å²) in [6.07, 6.45) is 8.28. The van der Waals surface area contributed by atoms with Crippen LogP contribution in [0, 0.1) is 23.7 Å². The molecule has 1 fully saturated rings. The number of hydrogen-bond acceptors (Lipinski definition) is 6. The minimum absolute atomic E-state index is 0.00217. The lowest BCUT2D eigenvalue weighted by Crippen LogP contribution is -2.46. The van der Waals surface area contributed by atoms with Crippen molar-refractivity contribution in [2.75, 3.05) is 13.2 Å². The first-order valence-electron chi connectivity index (χ1n) is 13.8. The second-order valence-corrected chi connectivity index (χ2v) is 11.6. The average Bonchev–Trinajstić information content (AvgIpc) is 3.13. The number of rotatable bonds is 15. The number of carboxylic acids is 1. The standard InChI is InChI=1S/C29H47NO6/c1-5-6-7-10-22(36-35-18-29(4,30)19(2)3)12-13-23-24-14-20-9-8-11-27(34-17-28(32)33)25(20)15-21(24)16-26(23)31/h8-9,11,19,21-24,26,31H,5-7,10,12-18,30H2,1-4H3,(H,32,33). The van der Waals surface area contributed by atoms with Gasteiger partial charge >= 0.3 is 5.97 Å². The Morgan fingerprint density at radius 3 is 2.69 bits per heavy atom. The Morgan fingerprint density at radius 1 is 1.22 bits per heavy atom. The summed E-state index contributed by atoms with van der Waals surface area (Å²) < 4.78 is 5.57. The fourth-order valence-corrected chi connectivity index (χ4v) is 5.74. The fraction of sp³-hybridized carbons (Fsp3) is 0.759. The van der Waals surface area contributed by atoms with Crippen LogP contribution >= 0.6 is 0 Å². The van der Waals surface area contributed by atoms with Crippen molar-refractivity contribution in [1.82, 2.24) is 0 Å². The van der Waals surface area contributed by atoms with E-state index in [0.717, 1.165) is 56.9 Å². The Kier molecular flexibility index (Phi) is 10.6. The van der Waals surface area contributed by atoms with Gasteiger partial charge in [-0.25, -0.2) is 14.6 Å². The summed E-state index contributed by atoms with van der Waals surface area (Å²) in [6.45, 7) is 8.38. The number of fused-ring (bicyclic) bond motifs is 2. The van der Waals surface area contributed by atoms with Crippen molar-refractivity contribution in [3.63, 3.8) is 0 Å². The van der Waals surface area contributed by atoms with Gasteiger partial charge in [0.1, 0.15) is 12.4 Å². The highest BCUT2D eigenvalue weighted by Crippen LogP contribution is 2.48. The van der Waals surface area contributed by atoms with Crippen LogP contribution in [-0.4, -0.2) is 47.1 Å². The third-order valence-electron chi connectivity index (χ3n) is 8.54. The van der Waals surface area contributed by atoms with Crippen LogP contribution in [0.5, 0.6) is 5.75 Å². The van der Waals surface area contributed by atoms with Gasteiger partial charge in [-0.2, -0.15) is 0 Å². The SMILES string of the molecule is CCCCCC(CCC1C(O)CC2Cc3c(cccc3OCC(=O)O)CC21)OOCC(C)(N)C(C)C. The molecule has 36 heavy (non-hydrogen) atoms. The Hall–Kier alpha value is -1.67. The number of aliphatic carboxylic acids is 1. The lowest BCUT2D eigenvalue weighted by molar-refractivity contribution is -0.334. The van der Waals surface area contributed by atoms with Crippen LogP contribution < -0.4 is 10.5 Å². The van der Waals surface area contributed by atoms with Gasteiger partial charge in [0.25, 0.3) is 0 Å². The van der Waals surface area contributed by atoms with Crippen molar-refractivity contribution >= 4 is 5.97 Å². The van der Waals surface area contributed by atoms with Crippen LogP contribution in [0.4, 0.5) is 0 Å². The van der Waals surface area contributed by atoms with Gasteiger partial charge in [-0.05, 0) is 86.3 Å². The highest BCUT2D eigenvalue weighted by atomic mass is 17.2. The molecule has 204 valence electrons. The van der Waals surface area contributed by atoms with Crippen LogP contribution in [0.1, 0.15) is 83.8 Å². The molecule has 1 saturated carbocycles. The molecule has 0 amide bonds. The van der Waals surface area contributed by atoms with E-state index in [0.29, 0.717) is 24.2 Å². The number of ether oxygens (including phenoxy) is 1. The summed E-state index contributed by atoms with van der Waals surface area (Å²) in [4.78, 5) is 22.5. The molecule has 1 aromatic carbocycles. The smallest absolute Gasteiger partial charge is 0.341 e. The van der Waals surface area contributed by atoms with Crippen molar-refractivity contribution in [1.29, 1.82) is 0 Å². The third kappa shape index (κ3) is 7.67. The van der Waals surface area contributed by atoms with E-state index < -0.39 is 11.5 Å². The predicted molar refractivity (Wildman–Crippen MR) is 140 cm³/mol. The molecule has 6 unspecified atom stereocenters. The molecule has 7 heteroatoms. The number of hydrogen-bond donors (Lipinski definition) is 3. The van der Waals surface area contributed by atoms with E-state index in [1.807, 2.05) is 19.1 Å². The second-order valence-electron chi connectivity index (χ2n) is 11.6. The maximum absolute atomic E-state index is 11.0. The van der Waals surface area contributed by atoms with Crippen LogP contribution in [0.15, 0.2) is 18.2 Å². The molecule has 0 aliphatic heterocycles. The molecule has 2 aliphatic carbocycles. The molecule has 0 saturated heterocycles. The quantitative estimate of drug-likeness (QED) is 0.176. The molecule has 0 heterocycles. The van der Waals surface area contributed by atoms with Crippen LogP contribution in [0.2, 0.25) is 0 Å². The van der Waals surface area contributed by atoms with Crippen LogP contribution in [-0.2, 0) is 27.4 Å². The van der Waals surface area contributed by atoms with E-state index in [1.165, 1.54) is 12.0 Å². The van der Waals surface area contributed by atoms with Gasteiger partial charge in [-0.15, -0.1) is 0 Å². The summed E-state index contributed by atoms with van der Waals surface area (Å²) in [5.74, 6) is 0.993. The molecule has 2 aliphatic rings. The first-order valence-corrected chi connectivity index (χ1v) is 13.8. The minimum Gasteiger partial charge on any atom is -0.482 e. The van der Waals surface area contributed by atoms with E-state index >= 15 is 0 Å². The summed E-state index contributed by atoms with van der Waals surface area (Å²) in [6, 6.07) is 5.91. The van der Waals surface area contributed by atoms with Crippen LogP contribution in [0.3, 0.4) is 0 Å². The van der Waals surface area contributed by atoms with E-state index in [2.05, 4.69) is 26.8 Å². The molecule has 0 spiro atoms. The number of benzene rings is 1.